The maximum Gasteiger partial charge on any atom is 0.472 e. The Morgan fingerprint density at radius 1 is 0.500 bits per heavy atom. The van der Waals surface area contributed by atoms with Gasteiger partial charge in [0.25, 0.3) is 0 Å². The highest BCUT2D eigenvalue weighted by molar-refractivity contribution is 7.47. The summed E-state index contributed by atoms with van der Waals surface area (Å²) in [5.41, 5.74) is 0. The van der Waals surface area contributed by atoms with Crippen molar-refractivity contribution in [1.29, 1.82) is 0 Å². The van der Waals surface area contributed by atoms with E-state index in [1.54, 1.807) is 0 Å². The summed E-state index contributed by atoms with van der Waals surface area (Å²) < 4.78 is 33.4. The first kappa shape index (κ1) is 61.6. The number of carbonyl (C=O) groups excluding carboxylic acids is 1. The minimum Gasteiger partial charge on any atom is -0.457 e. The molecule has 0 aliphatic heterocycles. The van der Waals surface area contributed by atoms with Crippen LogP contribution in [0, 0.1) is 0 Å². The van der Waals surface area contributed by atoms with Gasteiger partial charge in [0.2, 0.25) is 0 Å². The first-order chi connectivity index (χ1) is 31.3. The number of esters is 1. The van der Waals surface area contributed by atoms with E-state index in [1.165, 1.54) is 116 Å². The number of hydrogen-bond acceptors (Lipinski definition) is 8. The quantitative estimate of drug-likeness (QED) is 0.0236. The molecule has 0 saturated heterocycles. The Kier molecular flexibility index (Phi) is 48.2. The minimum absolute atomic E-state index is 0.00516. The molecular formula is C54H95O9P. The molecule has 0 aromatic heterocycles. The Bertz CT molecular complexity index is 1270. The van der Waals surface area contributed by atoms with E-state index in [1.807, 2.05) is 0 Å². The summed E-state index contributed by atoms with van der Waals surface area (Å²) in [6.07, 6.45) is 62.8. The molecule has 0 heterocycles. The summed E-state index contributed by atoms with van der Waals surface area (Å²) >= 11 is 0. The standard InChI is InChI=1S/C54H95O9P/c1-3-5-7-9-11-13-15-17-19-21-23-25-26-27-28-30-32-34-36-38-40-42-44-46-54(57)63-53(51-62-64(58,59)61-49-52(56)48-55)50-60-47-45-43-41-39-37-35-33-31-29-24-22-20-18-16-14-12-10-8-6-4-2/h6,8,12,14,18,20-21,23-24,29,33,35,39,41,52-53,55-56H,3-5,7,9-11,13,15-17,19,22,25-28,30-32,34,36-38,40,42-51H2,1-2H3,(H,58,59)/b8-6-,14-12-,20-18-,23-21-,29-24-,35-33-,41-39-. The van der Waals surface area contributed by atoms with E-state index >= 15 is 0 Å². The Balaban J connectivity index is 4.17. The second-order valence-electron chi connectivity index (χ2n) is 16.8. The largest absolute Gasteiger partial charge is 0.472 e. The zero-order valence-electron chi connectivity index (χ0n) is 40.7. The van der Waals surface area contributed by atoms with E-state index in [2.05, 4.69) is 98.9 Å². The van der Waals surface area contributed by atoms with Crippen LogP contribution in [0.5, 0.6) is 0 Å². The van der Waals surface area contributed by atoms with Crippen LogP contribution in [-0.2, 0) is 27.9 Å². The second kappa shape index (κ2) is 50.1. The van der Waals surface area contributed by atoms with Crippen molar-refractivity contribution in [3.63, 3.8) is 0 Å². The number of aliphatic hydroxyl groups is 2. The van der Waals surface area contributed by atoms with Crippen LogP contribution in [0.1, 0.15) is 206 Å². The Hall–Kier alpha value is -2.36. The van der Waals surface area contributed by atoms with Gasteiger partial charge in [-0.3, -0.25) is 13.8 Å². The number of ether oxygens (including phenoxy) is 2. The smallest absolute Gasteiger partial charge is 0.457 e. The van der Waals surface area contributed by atoms with Crippen LogP contribution in [0.4, 0.5) is 0 Å². The molecule has 9 nitrogen and oxygen atoms in total. The van der Waals surface area contributed by atoms with Crippen LogP contribution in [-0.4, -0.2) is 66.3 Å². The summed E-state index contributed by atoms with van der Waals surface area (Å²) in [6.45, 7) is 3.25. The molecule has 0 saturated carbocycles. The molecule has 0 bridgehead atoms. The molecule has 0 aromatic carbocycles. The maximum atomic E-state index is 12.7. The molecule has 3 atom stereocenters. The highest BCUT2D eigenvalue weighted by Crippen LogP contribution is 2.43. The molecule has 0 aliphatic rings. The van der Waals surface area contributed by atoms with E-state index in [-0.39, 0.29) is 13.0 Å². The number of aliphatic hydroxyl groups excluding tert-OH is 2. The highest BCUT2D eigenvalue weighted by Gasteiger charge is 2.26. The number of rotatable bonds is 48. The zero-order valence-corrected chi connectivity index (χ0v) is 41.6. The average Bonchev–Trinajstić information content (AvgIpc) is 3.29. The summed E-state index contributed by atoms with van der Waals surface area (Å²) in [5.74, 6) is -0.404. The van der Waals surface area contributed by atoms with Gasteiger partial charge in [0, 0.05) is 13.0 Å². The van der Waals surface area contributed by atoms with Crippen LogP contribution in [0.3, 0.4) is 0 Å². The van der Waals surface area contributed by atoms with E-state index in [9.17, 15) is 19.4 Å². The minimum atomic E-state index is -4.54. The zero-order chi connectivity index (χ0) is 46.7. The normalized spacial score (nSPS) is 14.5. The van der Waals surface area contributed by atoms with Crippen molar-refractivity contribution in [3.05, 3.63) is 85.1 Å². The molecule has 3 N–H and O–H groups in total. The first-order valence-corrected chi connectivity index (χ1v) is 27.1. The number of phosphoric acid groups is 1. The van der Waals surface area contributed by atoms with Crippen molar-refractivity contribution >= 4 is 13.8 Å². The molecule has 0 radical (unpaired) electrons. The third-order valence-corrected chi connectivity index (χ3v) is 11.5. The predicted molar refractivity (Wildman–Crippen MR) is 269 cm³/mol. The van der Waals surface area contributed by atoms with E-state index in [0.717, 1.165) is 64.2 Å². The van der Waals surface area contributed by atoms with Crippen LogP contribution < -0.4 is 0 Å². The number of unbranched alkanes of at least 4 members (excludes halogenated alkanes) is 20. The number of hydrogen-bond donors (Lipinski definition) is 3. The van der Waals surface area contributed by atoms with Crippen molar-refractivity contribution in [2.75, 3.05) is 33.0 Å². The SMILES string of the molecule is CC/C=C\C/C=C\C/C=C\C/C=C\C/C=C\C/C=C\CCCOCC(COP(=O)(O)OCC(O)CO)OC(=O)CCCCCCCCCCCCC/C=C\CCCCCCCCCC. The third kappa shape index (κ3) is 49.1. The lowest BCUT2D eigenvalue weighted by molar-refractivity contribution is -0.154. The van der Waals surface area contributed by atoms with Crippen molar-refractivity contribution in [3.8, 4) is 0 Å². The molecule has 370 valence electrons. The van der Waals surface area contributed by atoms with Gasteiger partial charge in [0.15, 0.2) is 0 Å². The van der Waals surface area contributed by atoms with Gasteiger partial charge in [0.05, 0.1) is 26.4 Å². The van der Waals surface area contributed by atoms with Crippen molar-refractivity contribution in [1.82, 2.24) is 0 Å². The van der Waals surface area contributed by atoms with Gasteiger partial charge >= 0.3 is 13.8 Å². The van der Waals surface area contributed by atoms with Gasteiger partial charge in [-0.2, -0.15) is 0 Å². The Morgan fingerprint density at radius 3 is 1.36 bits per heavy atom. The molecular weight excluding hydrogens is 824 g/mol. The van der Waals surface area contributed by atoms with Crippen LogP contribution >= 0.6 is 7.82 Å². The Labute approximate surface area is 392 Å². The van der Waals surface area contributed by atoms with Crippen molar-refractivity contribution < 1.29 is 43.0 Å². The number of allylic oxidation sites excluding steroid dienone is 14. The van der Waals surface area contributed by atoms with E-state index < -0.39 is 45.8 Å². The second-order valence-corrected chi connectivity index (χ2v) is 18.3. The van der Waals surface area contributed by atoms with Gasteiger partial charge in [-0.25, -0.2) is 4.57 Å². The van der Waals surface area contributed by atoms with Crippen LogP contribution in [0.25, 0.3) is 0 Å². The molecule has 0 aliphatic carbocycles. The van der Waals surface area contributed by atoms with Crippen molar-refractivity contribution in [2.24, 2.45) is 0 Å². The summed E-state index contributed by atoms with van der Waals surface area (Å²) in [6, 6.07) is 0. The summed E-state index contributed by atoms with van der Waals surface area (Å²) in [5, 5.41) is 18.4. The molecule has 64 heavy (non-hydrogen) atoms. The topological polar surface area (TPSA) is 132 Å². The number of carbonyl (C=O) groups is 1. The van der Waals surface area contributed by atoms with Crippen LogP contribution in [0.15, 0.2) is 85.1 Å². The monoisotopic (exact) mass is 919 g/mol. The lowest BCUT2D eigenvalue weighted by Gasteiger charge is -2.20. The molecule has 0 spiro atoms. The summed E-state index contributed by atoms with van der Waals surface area (Å²) in [4.78, 5) is 22.7. The molecule has 0 aromatic rings. The lowest BCUT2D eigenvalue weighted by Crippen LogP contribution is -2.29. The average molecular weight is 919 g/mol. The van der Waals surface area contributed by atoms with Gasteiger partial charge in [-0.15, -0.1) is 0 Å². The highest BCUT2D eigenvalue weighted by atomic mass is 31.2. The Morgan fingerprint density at radius 2 is 0.891 bits per heavy atom. The van der Waals surface area contributed by atoms with Gasteiger partial charge in [-0.1, -0.05) is 202 Å². The molecule has 0 fully saturated rings. The predicted octanol–water partition coefficient (Wildman–Crippen LogP) is 15.0. The third-order valence-electron chi connectivity index (χ3n) is 10.6. The fourth-order valence-electron chi connectivity index (χ4n) is 6.72. The molecule has 0 amide bonds. The van der Waals surface area contributed by atoms with Gasteiger partial charge in [0.1, 0.15) is 12.2 Å². The molecule has 3 unspecified atom stereocenters. The van der Waals surface area contributed by atoms with Crippen molar-refractivity contribution in [2.45, 2.75) is 219 Å². The fourth-order valence-corrected chi connectivity index (χ4v) is 7.51. The van der Waals surface area contributed by atoms with E-state index in [0.29, 0.717) is 13.0 Å². The fraction of sp³-hybridized carbons (Fsp3) is 0.722. The van der Waals surface area contributed by atoms with Gasteiger partial charge in [-0.05, 0) is 83.5 Å². The van der Waals surface area contributed by atoms with E-state index in [4.69, 9.17) is 23.6 Å². The summed E-state index contributed by atoms with van der Waals surface area (Å²) in [7, 11) is -4.54. The first-order valence-electron chi connectivity index (χ1n) is 25.6. The van der Waals surface area contributed by atoms with Crippen LogP contribution in [0.2, 0.25) is 0 Å². The number of phosphoric ester groups is 1. The molecule has 10 heteroatoms. The van der Waals surface area contributed by atoms with Gasteiger partial charge < -0.3 is 24.6 Å². The molecule has 0 rings (SSSR count). The maximum absolute atomic E-state index is 12.7. The lowest BCUT2D eigenvalue weighted by atomic mass is 10.0.